The van der Waals surface area contributed by atoms with Crippen LogP contribution in [0.2, 0.25) is 0 Å². The van der Waals surface area contributed by atoms with Crippen LogP contribution in [-0.4, -0.2) is 40.8 Å². The number of rotatable bonds is 10. The molecule has 1 aromatic heterocycles. The number of hydrogen-bond acceptors (Lipinski definition) is 4. The summed E-state index contributed by atoms with van der Waals surface area (Å²) in [5.41, 5.74) is 9.99. The summed E-state index contributed by atoms with van der Waals surface area (Å²) in [7, 11) is 0. The van der Waals surface area contributed by atoms with E-state index in [1.165, 1.54) is 0 Å². The van der Waals surface area contributed by atoms with Crippen LogP contribution < -0.4 is 21.7 Å². The molecule has 8 nitrogen and oxygen atoms in total. The van der Waals surface area contributed by atoms with Crippen LogP contribution in [-0.2, 0) is 22.6 Å². The number of aromatic nitrogens is 1. The minimum atomic E-state index is -1.13. The van der Waals surface area contributed by atoms with Gasteiger partial charge in [-0.3, -0.25) is 14.4 Å². The first-order valence-electron chi connectivity index (χ1n) is 13.1. The number of fused-ring (bicyclic) bond motifs is 1. The highest BCUT2D eigenvalue weighted by Gasteiger charge is 2.28. The smallest absolute Gasteiger partial charge is 0.251 e. The van der Waals surface area contributed by atoms with Crippen LogP contribution in [0.5, 0.6) is 0 Å². The van der Waals surface area contributed by atoms with E-state index in [-0.39, 0.29) is 18.4 Å². The van der Waals surface area contributed by atoms with Gasteiger partial charge in [-0.1, -0.05) is 60.7 Å². The van der Waals surface area contributed by atoms with E-state index in [1.807, 2.05) is 79.9 Å². The van der Waals surface area contributed by atoms with E-state index in [9.17, 15) is 14.4 Å². The summed E-state index contributed by atoms with van der Waals surface area (Å²) in [4.78, 5) is 41.7. The number of benzene rings is 3. The van der Waals surface area contributed by atoms with E-state index in [4.69, 9.17) is 5.73 Å². The fourth-order valence-electron chi connectivity index (χ4n) is 4.38. The molecule has 202 valence electrons. The molecule has 3 amide bonds. The molecule has 0 saturated carbocycles. The third-order valence-corrected chi connectivity index (χ3v) is 6.55. The highest BCUT2D eigenvalue weighted by atomic mass is 16.2. The highest BCUT2D eigenvalue weighted by molar-refractivity contribution is 6.00. The maximum Gasteiger partial charge on any atom is 0.251 e. The minimum Gasteiger partial charge on any atom is -0.361 e. The third-order valence-electron chi connectivity index (χ3n) is 6.55. The van der Waals surface area contributed by atoms with E-state index in [0.717, 1.165) is 33.2 Å². The molecule has 0 saturated heterocycles. The molecule has 0 fully saturated rings. The predicted octanol–water partition coefficient (Wildman–Crippen LogP) is 3.67. The predicted molar refractivity (Wildman–Crippen MR) is 154 cm³/mol. The molecule has 1 heterocycles. The molecular weight excluding hydrogens is 490 g/mol. The number of carbonyl (C=O) groups is 3. The van der Waals surface area contributed by atoms with Crippen molar-refractivity contribution < 1.29 is 14.4 Å². The average molecular weight is 526 g/mol. The van der Waals surface area contributed by atoms with E-state index in [2.05, 4.69) is 20.9 Å². The number of nitrogens with one attached hydrogen (secondary N) is 4. The van der Waals surface area contributed by atoms with Crippen LogP contribution in [0, 0.1) is 0 Å². The van der Waals surface area contributed by atoms with Crippen molar-refractivity contribution in [2.24, 2.45) is 5.73 Å². The Balaban J connectivity index is 1.48. The van der Waals surface area contributed by atoms with E-state index >= 15 is 0 Å². The van der Waals surface area contributed by atoms with Gasteiger partial charge in [0.1, 0.15) is 6.04 Å². The largest absolute Gasteiger partial charge is 0.361 e. The number of H-pyrrole nitrogens is 1. The molecule has 3 aromatic carbocycles. The number of aromatic amines is 1. The van der Waals surface area contributed by atoms with Gasteiger partial charge in [0.2, 0.25) is 11.8 Å². The first kappa shape index (κ1) is 27.6. The molecule has 0 aliphatic rings. The molecule has 39 heavy (non-hydrogen) atoms. The normalized spacial score (nSPS) is 12.1. The van der Waals surface area contributed by atoms with Crippen molar-refractivity contribution in [1.82, 2.24) is 20.9 Å². The zero-order valence-electron chi connectivity index (χ0n) is 22.5. The van der Waals surface area contributed by atoms with Crippen molar-refractivity contribution in [3.05, 3.63) is 95.7 Å². The Labute approximate surface area is 228 Å². The average Bonchev–Trinajstić information content (AvgIpc) is 3.34. The second kappa shape index (κ2) is 12.0. The molecule has 8 heteroatoms. The van der Waals surface area contributed by atoms with Gasteiger partial charge in [0.25, 0.3) is 5.91 Å². The third kappa shape index (κ3) is 6.72. The monoisotopic (exact) mass is 525 g/mol. The molecule has 1 atom stereocenters. The summed E-state index contributed by atoms with van der Waals surface area (Å²) in [5, 5.41) is 9.63. The van der Waals surface area contributed by atoms with Gasteiger partial charge in [-0.2, -0.15) is 0 Å². The maximum absolute atomic E-state index is 13.3. The van der Waals surface area contributed by atoms with Crippen LogP contribution in [0.3, 0.4) is 0 Å². The second-order valence-electron chi connectivity index (χ2n) is 10.1. The Bertz CT molecular complexity index is 1470. The Morgan fingerprint density at radius 1 is 0.923 bits per heavy atom. The van der Waals surface area contributed by atoms with Gasteiger partial charge in [0, 0.05) is 42.2 Å². The summed E-state index contributed by atoms with van der Waals surface area (Å²) < 4.78 is 0. The fraction of sp³-hybridized carbons (Fsp3) is 0.258. The van der Waals surface area contributed by atoms with Crippen molar-refractivity contribution in [3.8, 4) is 11.1 Å². The minimum absolute atomic E-state index is 0.117. The van der Waals surface area contributed by atoms with E-state index < -0.39 is 17.5 Å². The van der Waals surface area contributed by atoms with Crippen molar-refractivity contribution in [2.75, 3.05) is 6.54 Å². The van der Waals surface area contributed by atoms with Crippen LogP contribution in [0.1, 0.15) is 42.3 Å². The van der Waals surface area contributed by atoms with Gasteiger partial charge in [0.05, 0.1) is 5.54 Å². The van der Waals surface area contributed by atoms with Crippen LogP contribution >= 0.6 is 0 Å². The maximum atomic E-state index is 13.3. The lowest BCUT2D eigenvalue weighted by Crippen LogP contribution is -2.56. The topological polar surface area (TPSA) is 129 Å². The Kier molecular flexibility index (Phi) is 8.46. The zero-order valence-corrected chi connectivity index (χ0v) is 22.5. The molecule has 0 aliphatic heterocycles. The number of nitrogens with two attached hydrogens (primary N) is 1. The van der Waals surface area contributed by atoms with Crippen LogP contribution in [0.4, 0.5) is 0 Å². The molecule has 6 N–H and O–H groups in total. The molecule has 0 aliphatic carbocycles. The molecule has 0 spiro atoms. The summed E-state index contributed by atoms with van der Waals surface area (Å²) >= 11 is 0. The van der Waals surface area contributed by atoms with Crippen LogP contribution in [0.15, 0.2) is 79.0 Å². The number of carbonyl (C=O) groups excluding carboxylic acids is 3. The molecule has 0 bridgehead atoms. The Morgan fingerprint density at radius 3 is 2.33 bits per heavy atom. The number of amides is 3. The molecular formula is C31H35N5O3. The van der Waals surface area contributed by atoms with Gasteiger partial charge in [-0.15, -0.1) is 0 Å². The molecule has 1 unspecified atom stereocenters. The van der Waals surface area contributed by atoms with Gasteiger partial charge >= 0.3 is 0 Å². The summed E-state index contributed by atoms with van der Waals surface area (Å²) in [6.45, 7) is 5.93. The van der Waals surface area contributed by atoms with Crippen molar-refractivity contribution in [2.45, 2.75) is 45.3 Å². The molecule has 4 aromatic rings. The van der Waals surface area contributed by atoms with Gasteiger partial charge in [-0.25, -0.2) is 0 Å². The number of para-hydroxylation sites is 1. The standard InChI is InChI=1S/C31H35N5O3/c1-4-33-28(37)25-11-6-5-9-23(25)21-15-13-20(14-16-21)18-35-29(38)27(36-30(39)31(2,3)32)17-22-19-34-26-12-8-7-10-24(22)26/h5-16,19,27,34H,4,17-18,32H2,1-3H3,(H,33,37)(H,35,38)(H,36,39). The van der Waals surface area contributed by atoms with Crippen LogP contribution in [0.25, 0.3) is 22.0 Å². The lowest BCUT2D eigenvalue weighted by molar-refractivity contribution is -0.131. The summed E-state index contributed by atoms with van der Waals surface area (Å²) in [6.07, 6.45) is 2.18. The van der Waals surface area contributed by atoms with E-state index in [1.54, 1.807) is 19.9 Å². The van der Waals surface area contributed by atoms with Crippen molar-refractivity contribution in [3.63, 3.8) is 0 Å². The lowest BCUT2D eigenvalue weighted by Gasteiger charge is -2.24. The van der Waals surface area contributed by atoms with Gasteiger partial charge in [0.15, 0.2) is 0 Å². The SMILES string of the molecule is CCNC(=O)c1ccccc1-c1ccc(CNC(=O)C(Cc2c[nH]c3ccccc23)NC(=O)C(C)(C)N)cc1. The molecule has 4 rings (SSSR count). The Hall–Kier alpha value is -4.43. The zero-order chi connectivity index (χ0) is 28.0. The summed E-state index contributed by atoms with van der Waals surface area (Å²) in [5.74, 6) is -0.824. The molecule has 0 radical (unpaired) electrons. The first-order chi connectivity index (χ1) is 18.7. The first-order valence-corrected chi connectivity index (χ1v) is 13.1. The quantitative estimate of drug-likeness (QED) is 0.216. The van der Waals surface area contributed by atoms with Gasteiger partial charge in [-0.05, 0) is 55.2 Å². The fourth-order valence-corrected chi connectivity index (χ4v) is 4.38. The second-order valence-corrected chi connectivity index (χ2v) is 10.1. The number of hydrogen-bond donors (Lipinski definition) is 5. The van der Waals surface area contributed by atoms with Crippen molar-refractivity contribution >= 4 is 28.6 Å². The highest BCUT2D eigenvalue weighted by Crippen LogP contribution is 2.24. The van der Waals surface area contributed by atoms with Gasteiger partial charge < -0.3 is 26.7 Å². The lowest BCUT2D eigenvalue weighted by atomic mass is 9.98. The van der Waals surface area contributed by atoms with E-state index in [0.29, 0.717) is 18.5 Å². The van der Waals surface area contributed by atoms with Crippen molar-refractivity contribution in [1.29, 1.82) is 0 Å². The summed E-state index contributed by atoms with van der Waals surface area (Å²) in [6, 6.07) is 22.2. The Morgan fingerprint density at radius 2 is 1.62 bits per heavy atom.